The van der Waals surface area contributed by atoms with Gasteiger partial charge in [-0.15, -0.1) is 5.10 Å². The Bertz CT molecular complexity index is 2260. The van der Waals surface area contributed by atoms with E-state index in [0.29, 0.717) is 61.3 Å². The van der Waals surface area contributed by atoms with Gasteiger partial charge in [-0.3, -0.25) is 9.69 Å². The molecule has 0 saturated carbocycles. The number of H-pyrrole nitrogens is 1. The maximum Gasteiger partial charge on any atom is 0.255 e. The summed E-state index contributed by atoms with van der Waals surface area (Å²) in [5.41, 5.74) is 6.63. The summed E-state index contributed by atoms with van der Waals surface area (Å²) < 4.78 is 8.98. The van der Waals surface area contributed by atoms with Gasteiger partial charge in [-0.2, -0.15) is 9.78 Å². The minimum absolute atomic E-state index is 0.0457. The molecule has 49 heavy (non-hydrogen) atoms. The summed E-state index contributed by atoms with van der Waals surface area (Å²) in [6.07, 6.45) is 4.96. The quantitative estimate of drug-likeness (QED) is 0.244. The Kier molecular flexibility index (Phi) is 7.53. The third-order valence-electron chi connectivity index (χ3n) is 9.41. The highest BCUT2D eigenvalue weighted by Crippen LogP contribution is 2.29. The zero-order valence-electron chi connectivity index (χ0n) is 27.4. The lowest BCUT2D eigenvalue weighted by Gasteiger charge is -2.43. The first-order valence-corrected chi connectivity index (χ1v) is 16.2. The number of aryl methyl sites for hydroxylation is 1. The number of nitrogens with zero attached hydrogens (tertiary/aromatic N) is 10. The number of fused-ring (bicyclic) bond motifs is 2. The Morgan fingerprint density at radius 2 is 1.84 bits per heavy atom. The zero-order valence-corrected chi connectivity index (χ0v) is 27.4. The monoisotopic (exact) mass is 657 g/mol. The van der Waals surface area contributed by atoms with Crippen LogP contribution in [0.1, 0.15) is 46.9 Å². The van der Waals surface area contributed by atoms with Crippen molar-refractivity contribution in [1.29, 1.82) is 0 Å². The molecule has 8 rings (SSSR count). The molecule has 1 aliphatic heterocycles. The molecule has 1 saturated heterocycles. The van der Waals surface area contributed by atoms with Gasteiger partial charge >= 0.3 is 0 Å². The Hall–Kier alpha value is -5.73. The molecule has 0 atom stereocenters. The van der Waals surface area contributed by atoms with Gasteiger partial charge in [0, 0.05) is 43.3 Å². The fraction of sp³-hybridized carbons (Fsp3) is 0.286. The van der Waals surface area contributed by atoms with Crippen LogP contribution in [0.3, 0.4) is 0 Å². The number of aromatic nitrogens is 9. The van der Waals surface area contributed by atoms with Gasteiger partial charge in [-0.1, -0.05) is 41.6 Å². The van der Waals surface area contributed by atoms with E-state index in [4.69, 9.17) is 4.42 Å². The van der Waals surface area contributed by atoms with Crippen LogP contribution >= 0.6 is 0 Å². The second kappa shape index (κ2) is 12.1. The van der Waals surface area contributed by atoms with Gasteiger partial charge in [0.25, 0.3) is 5.91 Å². The van der Waals surface area contributed by atoms with Crippen molar-refractivity contribution < 1.29 is 14.3 Å². The van der Waals surface area contributed by atoms with Crippen molar-refractivity contribution in [3.63, 3.8) is 0 Å². The summed E-state index contributed by atoms with van der Waals surface area (Å²) >= 11 is 0. The van der Waals surface area contributed by atoms with Gasteiger partial charge in [0.15, 0.2) is 17.8 Å². The molecule has 2 aromatic carbocycles. The lowest BCUT2D eigenvalue weighted by molar-refractivity contribution is 0.0378. The molecular formula is C35H35N11O3. The SMILES string of the molecule is Cc1nn(-c2nc3ccccc3[nH]2)c2ncc(C(=O)N3CCN(C(C)(C)c4cn(Cc5ccc(-c6ocnc6CO)cc5)nn4)CC3)cc12. The van der Waals surface area contributed by atoms with Crippen LogP contribution in [0, 0.1) is 6.92 Å². The number of piperazine rings is 1. The van der Waals surface area contributed by atoms with Crippen LogP contribution in [-0.4, -0.2) is 91.7 Å². The van der Waals surface area contributed by atoms with Crippen molar-refractivity contribution in [1.82, 2.24) is 54.5 Å². The fourth-order valence-electron chi connectivity index (χ4n) is 6.48. The topological polar surface area (TPSA) is 160 Å². The molecule has 14 heteroatoms. The van der Waals surface area contributed by atoms with E-state index >= 15 is 0 Å². The van der Waals surface area contributed by atoms with E-state index in [-0.39, 0.29) is 18.1 Å². The molecule has 0 spiro atoms. The van der Waals surface area contributed by atoms with Crippen molar-refractivity contribution in [2.75, 3.05) is 26.2 Å². The summed E-state index contributed by atoms with van der Waals surface area (Å²) in [5, 5.41) is 23.9. The summed E-state index contributed by atoms with van der Waals surface area (Å²) in [6, 6.07) is 17.6. The minimum Gasteiger partial charge on any atom is -0.443 e. The summed E-state index contributed by atoms with van der Waals surface area (Å²) in [7, 11) is 0. The van der Waals surface area contributed by atoms with Gasteiger partial charge in [0.1, 0.15) is 11.4 Å². The molecule has 248 valence electrons. The number of pyridine rings is 1. The van der Waals surface area contributed by atoms with Gasteiger partial charge in [-0.05, 0) is 44.5 Å². The van der Waals surface area contributed by atoms with Crippen molar-refractivity contribution in [2.24, 2.45) is 0 Å². The molecule has 6 heterocycles. The Labute approximate surface area is 281 Å². The number of hydrogen-bond acceptors (Lipinski definition) is 10. The van der Waals surface area contributed by atoms with Gasteiger partial charge in [0.2, 0.25) is 5.95 Å². The molecule has 1 aliphatic rings. The number of oxazole rings is 1. The second-order valence-corrected chi connectivity index (χ2v) is 12.8. The van der Waals surface area contributed by atoms with Crippen LogP contribution in [0.2, 0.25) is 0 Å². The molecule has 0 radical (unpaired) electrons. The molecule has 1 fully saturated rings. The van der Waals surface area contributed by atoms with Crippen LogP contribution < -0.4 is 0 Å². The summed E-state index contributed by atoms with van der Waals surface area (Å²) in [4.78, 5) is 34.6. The van der Waals surface area contributed by atoms with Crippen LogP contribution in [-0.2, 0) is 18.7 Å². The van der Waals surface area contributed by atoms with Crippen molar-refractivity contribution in [3.05, 3.63) is 102 Å². The number of aliphatic hydroxyl groups is 1. The van der Waals surface area contributed by atoms with Crippen LogP contribution in [0.4, 0.5) is 0 Å². The molecule has 5 aromatic heterocycles. The van der Waals surface area contributed by atoms with Gasteiger partial charge in [0.05, 0.1) is 47.2 Å². The molecule has 0 bridgehead atoms. The molecule has 7 aromatic rings. The number of benzene rings is 2. The lowest BCUT2D eigenvalue weighted by Crippen LogP contribution is -2.54. The van der Waals surface area contributed by atoms with Crippen molar-refractivity contribution >= 4 is 28.0 Å². The number of hydrogen-bond donors (Lipinski definition) is 2. The first-order chi connectivity index (χ1) is 23.8. The van der Waals surface area contributed by atoms with Gasteiger partial charge in [-0.25, -0.2) is 19.6 Å². The maximum absolute atomic E-state index is 13.6. The number of carbonyl (C=O) groups excluding carboxylic acids is 1. The maximum atomic E-state index is 13.6. The number of amides is 1. The van der Waals surface area contributed by atoms with Crippen molar-refractivity contribution in [3.8, 4) is 17.3 Å². The number of imidazole rings is 1. The third kappa shape index (κ3) is 5.54. The molecule has 1 amide bonds. The van der Waals surface area contributed by atoms with E-state index in [0.717, 1.165) is 38.9 Å². The summed E-state index contributed by atoms with van der Waals surface area (Å²) in [5.74, 6) is 1.11. The fourth-order valence-corrected chi connectivity index (χ4v) is 6.48. The predicted octanol–water partition coefficient (Wildman–Crippen LogP) is 4.09. The van der Waals surface area contributed by atoms with E-state index < -0.39 is 0 Å². The number of para-hydroxylation sites is 2. The van der Waals surface area contributed by atoms with E-state index in [2.05, 4.69) is 54.1 Å². The highest BCUT2D eigenvalue weighted by molar-refractivity contribution is 5.97. The molecule has 14 nitrogen and oxygen atoms in total. The minimum atomic E-state index is -0.382. The first-order valence-electron chi connectivity index (χ1n) is 16.2. The zero-order chi connectivity index (χ0) is 33.7. The first kappa shape index (κ1) is 30.6. The number of rotatable bonds is 8. The second-order valence-electron chi connectivity index (χ2n) is 12.8. The molecule has 0 aliphatic carbocycles. The number of aliphatic hydroxyl groups excluding tert-OH is 1. The largest absolute Gasteiger partial charge is 0.443 e. The van der Waals surface area contributed by atoms with Crippen molar-refractivity contribution in [2.45, 2.75) is 39.5 Å². The van der Waals surface area contributed by atoms with Crippen LogP contribution in [0.25, 0.3) is 39.3 Å². The van der Waals surface area contributed by atoms with E-state index in [9.17, 15) is 9.90 Å². The van der Waals surface area contributed by atoms with Crippen LogP contribution in [0.15, 0.2) is 77.8 Å². The summed E-state index contributed by atoms with van der Waals surface area (Å²) in [6.45, 7) is 9.15. The predicted molar refractivity (Wildman–Crippen MR) is 181 cm³/mol. The standard InChI is InChI=1S/C35H35N11O3/c1-22-26-16-25(17-36-32(26)46(41-22)34-38-27-6-4-5-7-28(27)39-34)33(48)43-12-14-44(15-13-43)35(2,3)30-19-45(42-40-30)18-23-8-10-24(11-9-23)31-29(20-47)37-21-49-31/h4-11,16-17,19,21,47H,12-15,18,20H2,1-3H3,(H,38,39). The average molecular weight is 658 g/mol. The number of nitrogens with one attached hydrogen (secondary N) is 1. The highest BCUT2D eigenvalue weighted by Gasteiger charge is 2.35. The molecule has 2 N–H and O–H groups in total. The van der Waals surface area contributed by atoms with Crippen LogP contribution in [0.5, 0.6) is 0 Å². The molecular weight excluding hydrogens is 622 g/mol. The van der Waals surface area contributed by atoms with E-state index in [1.54, 1.807) is 10.9 Å². The Morgan fingerprint density at radius 3 is 2.61 bits per heavy atom. The number of carbonyl (C=O) groups is 1. The number of aromatic amines is 1. The highest BCUT2D eigenvalue weighted by atomic mass is 16.3. The lowest BCUT2D eigenvalue weighted by atomic mass is 9.97. The Morgan fingerprint density at radius 1 is 1.04 bits per heavy atom. The molecule has 0 unspecified atom stereocenters. The normalized spacial score (nSPS) is 14.3. The van der Waals surface area contributed by atoms with E-state index in [1.807, 2.05) is 77.3 Å². The van der Waals surface area contributed by atoms with Gasteiger partial charge < -0.3 is 19.4 Å². The smallest absolute Gasteiger partial charge is 0.255 e. The Balaban J connectivity index is 0.916. The average Bonchev–Trinajstić information content (AvgIpc) is 3.94. The third-order valence-corrected chi connectivity index (χ3v) is 9.41. The van der Waals surface area contributed by atoms with E-state index in [1.165, 1.54) is 6.39 Å².